The molecule has 0 atom stereocenters. The lowest BCUT2D eigenvalue weighted by Gasteiger charge is -2.15. The topological polar surface area (TPSA) is 49.4 Å². The van der Waals surface area contributed by atoms with E-state index in [-0.39, 0.29) is 17.8 Å². The van der Waals surface area contributed by atoms with E-state index in [1.165, 1.54) is 42.5 Å². The summed E-state index contributed by atoms with van der Waals surface area (Å²) >= 11 is 0. The molecular weight excluding hydrogens is 398 g/mol. The maximum Gasteiger partial charge on any atom is 0.278 e. The molecule has 156 valence electrons. The number of hydrogen-bond donors (Lipinski definition) is 1. The molecule has 0 spiro atoms. The van der Waals surface area contributed by atoms with E-state index in [0.29, 0.717) is 16.8 Å². The van der Waals surface area contributed by atoms with Crippen LogP contribution in [0.2, 0.25) is 0 Å². The molecule has 1 aliphatic heterocycles. The lowest BCUT2D eigenvalue weighted by Crippen LogP contribution is -2.32. The van der Waals surface area contributed by atoms with E-state index in [2.05, 4.69) is 5.32 Å². The number of rotatable bonds is 5. The Labute approximate surface area is 178 Å². The van der Waals surface area contributed by atoms with Gasteiger partial charge in [0.15, 0.2) is 0 Å². The van der Waals surface area contributed by atoms with Crippen molar-refractivity contribution in [2.24, 2.45) is 0 Å². The van der Waals surface area contributed by atoms with Crippen LogP contribution < -0.4 is 5.32 Å². The SMILES string of the molecule is Cc1ccc(C2=C(Nc3cccc(F)c3)C(=O)N(Cc3ccc(F)cc3)C2=O)cc1C. The summed E-state index contributed by atoms with van der Waals surface area (Å²) in [5.74, 6) is -1.84. The van der Waals surface area contributed by atoms with Gasteiger partial charge in [-0.25, -0.2) is 8.78 Å². The first-order valence-electron chi connectivity index (χ1n) is 9.78. The number of carbonyl (C=O) groups excluding carboxylic acids is 2. The van der Waals surface area contributed by atoms with Crippen LogP contribution in [-0.2, 0) is 16.1 Å². The molecule has 0 saturated heterocycles. The normalized spacial score (nSPS) is 13.9. The highest BCUT2D eigenvalue weighted by atomic mass is 19.1. The van der Waals surface area contributed by atoms with E-state index >= 15 is 0 Å². The van der Waals surface area contributed by atoms with Crippen LogP contribution in [0.3, 0.4) is 0 Å². The van der Waals surface area contributed by atoms with Gasteiger partial charge in [0.2, 0.25) is 0 Å². The molecule has 2 amide bonds. The fourth-order valence-corrected chi connectivity index (χ4v) is 3.48. The first-order chi connectivity index (χ1) is 14.8. The average molecular weight is 418 g/mol. The fraction of sp³-hybridized carbons (Fsp3) is 0.120. The largest absolute Gasteiger partial charge is 0.350 e. The van der Waals surface area contributed by atoms with Crippen molar-refractivity contribution in [3.63, 3.8) is 0 Å². The highest BCUT2D eigenvalue weighted by Crippen LogP contribution is 2.32. The molecule has 0 unspecified atom stereocenters. The van der Waals surface area contributed by atoms with Crippen LogP contribution in [0.4, 0.5) is 14.5 Å². The van der Waals surface area contributed by atoms with Gasteiger partial charge >= 0.3 is 0 Å². The van der Waals surface area contributed by atoms with Crippen molar-refractivity contribution in [3.05, 3.63) is 106 Å². The number of carbonyl (C=O) groups is 2. The van der Waals surface area contributed by atoms with Crippen molar-refractivity contribution < 1.29 is 18.4 Å². The fourth-order valence-electron chi connectivity index (χ4n) is 3.48. The number of aryl methyl sites for hydroxylation is 2. The second kappa shape index (κ2) is 8.14. The molecule has 1 N–H and O–H groups in total. The standard InChI is InChI=1S/C25H20F2N2O2/c1-15-6-9-18(12-16(15)2)22-23(28-21-5-3-4-20(27)13-21)25(31)29(24(22)30)14-17-7-10-19(26)11-8-17/h3-13,28H,14H2,1-2H3. The van der Waals surface area contributed by atoms with Crippen LogP contribution >= 0.6 is 0 Å². The third kappa shape index (κ3) is 4.10. The molecule has 0 fully saturated rings. The van der Waals surface area contributed by atoms with Gasteiger partial charge in [-0.2, -0.15) is 0 Å². The summed E-state index contributed by atoms with van der Waals surface area (Å²) in [6.07, 6.45) is 0. The summed E-state index contributed by atoms with van der Waals surface area (Å²) in [6, 6.07) is 16.8. The van der Waals surface area contributed by atoms with Gasteiger partial charge in [-0.3, -0.25) is 14.5 Å². The van der Waals surface area contributed by atoms with Crippen molar-refractivity contribution in [1.29, 1.82) is 0 Å². The quantitative estimate of drug-likeness (QED) is 0.595. The highest BCUT2D eigenvalue weighted by Gasteiger charge is 2.39. The first-order valence-corrected chi connectivity index (χ1v) is 9.78. The summed E-state index contributed by atoms with van der Waals surface area (Å²) in [7, 11) is 0. The number of nitrogens with zero attached hydrogens (tertiary/aromatic N) is 1. The Morgan fingerprint density at radius 2 is 1.55 bits per heavy atom. The van der Waals surface area contributed by atoms with Crippen LogP contribution in [0.1, 0.15) is 22.3 Å². The van der Waals surface area contributed by atoms with E-state index in [1.54, 1.807) is 12.1 Å². The lowest BCUT2D eigenvalue weighted by molar-refractivity contribution is -0.137. The minimum atomic E-state index is -0.521. The van der Waals surface area contributed by atoms with Gasteiger partial charge in [-0.1, -0.05) is 36.4 Å². The number of anilines is 1. The molecule has 4 rings (SSSR count). The van der Waals surface area contributed by atoms with Gasteiger partial charge in [0, 0.05) is 5.69 Å². The number of nitrogens with one attached hydrogen (secondary N) is 1. The molecule has 3 aromatic carbocycles. The van der Waals surface area contributed by atoms with Crippen LogP contribution in [0, 0.1) is 25.5 Å². The zero-order valence-corrected chi connectivity index (χ0v) is 17.1. The Hall–Kier alpha value is -3.80. The van der Waals surface area contributed by atoms with Crippen molar-refractivity contribution >= 4 is 23.1 Å². The monoisotopic (exact) mass is 418 g/mol. The second-order valence-corrected chi connectivity index (χ2v) is 7.51. The van der Waals surface area contributed by atoms with E-state index < -0.39 is 23.4 Å². The predicted octanol–water partition coefficient (Wildman–Crippen LogP) is 4.97. The second-order valence-electron chi connectivity index (χ2n) is 7.51. The minimum Gasteiger partial charge on any atom is -0.350 e. The maximum atomic E-state index is 13.7. The number of hydrogen-bond acceptors (Lipinski definition) is 3. The predicted molar refractivity (Wildman–Crippen MR) is 115 cm³/mol. The van der Waals surface area contributed by atoms with Crippen LogP contribution in [-0.4, -0.2) is 16.7 Å². The van der Waals surface area contributed by atoms with E-state index in [9.17, 15) is 18.4 Å². The zero-order chi connectivity index (χ0) is 22.1. The van der Waals surface area contributed by atoms with E-state index in [4.69, 9.17) is 0 Å². The third-order valence-electron chi connectivity index (χ3n) is 5.31. The summed E-state index contributed by atoms with van der Waals surface area (Å²) < 4.78 is 26.9. The van der Waals surface area contributed by atoms with Gasteiger partial charge in [-0.15, -0.1) is 0 Å². The van der Waals surface area contributed by atoms with Gasteiger partial charge in [0.05, 0.1) is 12.1 Å². The minimum absolute atomic E-state index is 0.000616. The molecular formula is C25H20F2N2O2. The van der Waals surface area contributed by atoms with Crippen molar-refractivity contribution in [3.8, 4) is 0 Å². The third-order valence-corrected chi connectivity index (χ3v) is 5.31. The maximum absolute atomic E-state index is 13.7. The number of halogens is 2. The van der Waals surface area contributed by atoms with E-state index in [0.717, 1.165) is 16.0 Å². The Bertz CT molecular complexity index is 1220. The molecule has 0 aromatic heterocycles. The van der Waals surface area contributed by atoms with Crippen molar-refractivity contribution in [1.82, 2.24) is 4.90 Å². The molecule has 0 bridgehead atoms. The molecule has 4 nitrogen and oxygen atoms in total. The van der Waals surface area contributed by atoms with Crippen molar-refractivity contribution in [2.45, 2.75) is 20.4 Å². The molecule has 0 radical (unpaired) electrons. The number of imide groups is 1. The van der Waals surface area contributed by atoms with E-state index in [1.807, 2.05) is 26.0 Å². The lowest BCUT2D eigenvalue weighted by atomic mass is 9.99. The Balaban J connectivity index is 1.76. The van der Waals surface area contributed by atoms with Gasteiger partial charge in [0.1, 0.15) is 17.3 Å². The Kier molecular flexibility index (Phi) is 5.38. The molecule has 0 aliphatic carbocycles. The molecule has 1 heterocycles. The first kappa shape index (κ1) is 20.5. The zero-order valence-electron chi connectivity index (χ0n) is 17.1. The van der Waals surface area contributed by atoms with Crippen molar-refractivity contribution in [2.75, 3.05) is 5.32 Å². The summed E-state index contributed by atoms with van der Waals surface area (Å²) in [5, 5.41) is 2.94. The van der Waals surface area contributed by atoms with Gasteiger partial charge in [-0.05, 0) is 66.4 Å². The Morgan fingerprint density at radius 1 is 0.806 bits per heavy atom. The average Bonchev–Trinajstić information content (AvgIpc) is 2.96. The van der Waals surface area contributed by atoms with Gasteiger partial charge in [0.25, 0.3) is 11.8 Å². The molecule has 1 aliphatic rings. The van der Waals surface area contributed by atoms with Crippen LogP contribution in [0.5, 0.6) is 0 Å². The highest BCUT2D eigenvalue weighted by molar-refractivity contribution is 6.36. The smallest absolute Gasteiger partial charge is 0.278 e. The number of amides is 2. The number of benzene rings is 3. The summed E-state index contributed by atoms with van der Waals surface area (Å²) in [6.45, 7) is 3.89. The molecule has 0 saturated carbocycles. The Morgan fingerprint density at radius 3 is 2.23 bits per heavy atom. The van der Waals surface area contributed by atoms with Gasteiger partial charge < -0.3 is 5.32 Å². The molecule has 6 heteroatoms. The van der Waals surface area contributed by atoms with Crippen LogP contribution in [0.15, 0.2) is 72.4 Å². The summed E-state index contributed by atoms with van der Waals surface area (Å²) in [5.41, 5.74) is 3.93. The molecule has 3 aromatic rings. The van der Waals surface area contributed by atoms with Crippen LogP contribution in [0.25, 0.3) is 5.57 Å². The molecule has 31 heavy (non-hydrogen) atoms. The summed E-state index contributed by atoms with van der Waals surface area (Å²) in [4.78, 5) is 27.7.